The van der Waals surface area contributed by atoms with Crippen LogP contribution in [0.5, 0.6) is 5.75 Å². The zero-order valence-corrected chi connectivity index (χ0v) is 21.7. The number of halogens is 3. The number of nitro groups is 1. The fourth-order valence-electron chi connectivity index (χ4n) is 3.30. The minimum Gasteiger partial charge on any atom is -0.486 e. The van der Waals surface area contributed by atoms with Crippen molar-refractivity contribution in [1.82, 2.24) is 4.90 Å². The molecule has 178 valence electrons. The van der Waals surface area contributed by atoms with E-state index in [2.05, 4.69) is 31.9 Å². The van der Waals surface area contributed by atoms with Crippen molar-refractivity contribution in [1.29, 1.82) is 0 Å². The standard InChI is InChI=1S/C24H15Br2FN2O5S/c25-18-9-15(10-19(26)22(18)34-13-16-5-1-2-7-20(16)27)11-21-23(30)28(24(31)35-21)12-14-4-3-6-17(8-14)29(32)33/h1-11H,12-13H2/b21-11+. The molecule has 1 aliphatic heterocycles. The van der Waals surface area contributed by atoms with E-state index in [1.165, 1.54) is 24.3 Å². The monoisotopic (exact) mass is 620 g/mol. The molecule has 0 bridgehead atoms. The lowest BCUT2D eigenvalue weighted by atomic mass is 10.1. The van der Waals surface area contributed by atoms with Crippen LogP contribution in [0.2, 0.25) is 0 Å². The third kappa shape index (κ3) is 5.80. The van der Waals surface area contributed by atoms with E-state index in [-0.39, 0.29) is 29.6 Å². The van der Waals surface area contributed by atoms with Crippen LogP contribution < -0.4 is 4.74 Å². The van der Waals surface area contributed by atoms with E-state index in [1.54, 1.807) is 42.5 Å². The molecule has 0 atom stereocenters. The molecule has 1 saturated heterocycles. The largest absolute Gasteiger partial charge is 0.486 e. The highest BCUT2D eigenvalue weighted by Crippen LogP contribution is 2.38. The highest BCUT2D eigenvalue weighted by Gasteiger charge is 2.35. The Morgan fingerprint density at radius 3 is 2.46 bits per heavy atom. The number of non-ortho nitro benzene ring substituents is 1. The first-order valence-corrected chi connectivity index (χ1v) is 12.5. The van der Waals surface area contributed by atoms with Gasteiger partial charge in [-0.3, -0.25) is 24.6 Å². The summed E-state index contributed by atoms with van der Waals surface area (Å²) in [6, 6.07) is 15.6. The van der Waals surface area contributed by atoms with Crippen molar-refractivity contribution in [2.75, 3.05) is 0 Å². The fraction of sp³-hybridized carbons (Fsp3) is 0.0833. The van der Waals surface area contributed by atoms with Crippen LogP contribution in [-0.2, 0) is 17.9 Å². The fourth-order valence-corrected chi connectivity index (χ4v) is 5.59. The molecule has 0 spiro atoms. The van der Waals surface area contributed by atoms with Crippen LogP contribution in [-0.4, -0.2) is 21.0 Å². The Kier molecular flexibility index (Phi) is 7.68. The smallest absolute Gasteiger partial charge is 0.293 e. The van der Waals surface area contributed by atoms with Gasteiger partial charge in [0.2, 0.25) is 0 Å². The van der Waals surface area contributed by atoms with Gasteiger partial charge in [-0.25, -0.2) is 4.39 Å². The molecule has 0 saturated carbocycles. The number of ether oxygens (including phenoxy) is 1. The topological polar surface area (TPSA) is 89.8 Å². The summed E-state index contributed by atoms with van der Waals surface area (Å²) in [6.45, 7) is -0.0420. The Balaban J connectivity index is 1.51. The zero-order valence-electron chi connectivity index (χ0n) is 17.7. The van der Waals surface area contributed by atoms with Gasteiger partial charge in [-0.2, -0.15) is 0 Å². The number of carbonyl (C=O) groups excluding carboxylic acids is 2. The van der Waals surface area contributed by atoms with Crippen molar-refractivity contribution in [3.8, 4) is 5.75 Å². The van der Waals surface area contributed by atoms with Gasteiger partial charge in [-0.1, -0.05) is 30.3 Å². The molecule has 7 nitrogen and oxygen atoms in total. The molecule has 2 amide bonds. The number of imide groups is 1. The minimum absolute atomic E-state index is 0.0275. The van der Waals surface area contributed by atoms with Crippen LogP contribution >= 0.6 is 43.6 Å². The summed E-state index contributed by atoms with van der Waals surface area (Å²) in [5.41, 5.74) is 1.40. The molecule has 0 unspecified atom stereocenters. The summed E-state index contributed by atoms with van der Waals surface area (Å²) in [4.78, 5) is 37.1. The molecule has 3 aromatic carbocycles. The van der Waals surface area contributed by atoms with Crippen LogP contribution in [0.1, 0.15) is 16.7 Å². The molecule has 1 fully saturated rings. The second-order valence-corrected chi connectivity index (χ2v) is 10.1. The summed E-state index contributed by atoms with van der Waals surface area (Å²) < 4.78 is 20.8. The lowest BCUT2D eigenvalue weighted by Gasteiger charge is -2.13. The minimum atomic E-state index is -0.531. The first-order chi connectivity index (χ1) is 16.7. The Labute approximate surface area is 220 Å². The number of benzene rings is 3. The zero-order chi connectivity index (χ0) is 25.1. The molecule has 35 heavy (non-hydrogen) atoms. The Morgan fingerprint density at radius 1 is 1.06 bits per heavy atom. The van der Waals surface area contributed by atoms with E-state index in [1.807, 2.05) is 0 Å². The predicted molar refractivity (Wildman–Crippen MR) is 137 cm³/mol. The number of nitrogens with zero attached hydrogens (tertiary/aromatic N) is 2. The van der Waals surface area contributed by atoms with Crippen LogP contribution in [0, 0.1) is 15.9 Å². The molecule has 1 aliphatic rings. The maximum Gasteiger partial charge on any atom is 0.293 e. The Morgan fingerprint density at radius 2 is 1.77 bits per heavy atom. The molecule has 3 aromatic rings. The van der Waals surface area contributed by atoms with Crippen LogP contribution in [0.15, 0.2) is 74.5 Å². The molecule has 4 rings (SSSR count). The number of amides is 2. The molecule has 1 heterocycles. The highest BCUT2D eigenvalue weighted by molar-refractivity contribution is 9.11. The number of hydrogen-bond acceptors (Lipinski definition) is 6. The third-order valence-electron chi connectivity index (χ3n) is 4.98. The van der Waals surface area contributed by atoms with Gasteiger partial charge < -0.3 is 4.74 Å². The van der Waals surface area contributed by atoms with E-state index < -0.39 is 16.1 Å². The molecule has 0 N–H and O–H groups in total. The average molecular weight is 622 g/mol. The van der Waals surface area contributed by atoms with Gasteiger partial charge in [-0.15, -0.1) is 0 Å². The van der Waals surface area contributed by atoms with E-state index in [9.17, 15) is 24.1 Å². The van der Waals surface area contributed by atoms with E-state index in [4.69, 9.17) is 4.74 Å². The van der Waals surface area contributed by atoms with Gasteiger partial charge in [0.1, 0.15) is 18.2 Å². The van der Waals surface area contributed by atoms with Crippen LogP contribution in [0.25, 0.3) is 6.08 Å². The van der Waals surface area contributed by atoms with Crippen LogP contribution in [0.3, 0.4) is 0 Å². The maximum atomic E-state index is 13.9. The van der Waals surface area contributed by atoms with Gasteiger partial charge in [0, 0.05) is 17.7 Å². The second-order valence-electron chi connectivity index (χ2n) is 7.39. The van der Waals surface area contributed by atoms with Crippen LogP contribution in [0.4, 0.5) is 14.9 Å². The highest BCUT2D eigenvalue weighted by atomic mass is 79.9. The Hall–Kier alpha value is -3.02. The van der Waals surface area contributed by atoms with Gasteiger partial charge in [-0.05, 0) is 79.0 Å². The number of rotatable bonds is 7. The van der Waals surface area contributed by atoms with Gasteiger partial charge in [0.25, 0.3) is 16.8 Å². The van der Waals surface area contributed by atoms with Crippen molar-refractivity contribution in [3.05, 3.63) is 107 Å². The molecule has 0 aliphatic carbocycles. The van der Waals surface area contributed by atoms with Gasteiger partial charge in [0.05, 0.1) is 25.3 Å². The SMILES string of the molecule is O=C1S/C(=C/c2cc(Br)c(OCc3ccccc3F)c(Br)c2)C(=O)N1Cc1cccc([N+](=O)[O-])c1. The molecule has 0 radical (unpaired) electrons. The molecule has 0 aromatic heterocycles. The van der Waals surface area contributed by atoms with Gasteiger partial charge >= 0.3 is 0 Å². The van der Waals surface area contributed by atoms with E-state index >= 15 is 0 Å². The summed E-state index contributed by atoms with van der Waals surface area (Å²) in [7, 11) is 0. The maximum absolute atomic E-state index is 13.9. The van der Waals surface area contributed by atoms with Crippen molar-refractivity contribution in [2.45, 2.75) is 13.2 Å². The normalized spacial score (nSPS) is 14.6. The predicted octanol–water partition coefficient (Wildman–Crippen LogP) is 7.07. The lowest BCUT2D eigenvalue weighted by molar-refractivity contribution is -0.384. The average Bonchev–Trinajstić information content (AvgIpc) is 3.07. The molecular formula is C24H15Br2FN2O5S. The molecular weight excluding hydrogens is 607 g/mol. The number of nitro benzene ring substituents is 1. The number of thioether (sulfide) groups is 1. The molecule has 11 heteroatoms. The summed E-state index contributed by atoms with van der Waals surface area (Å²) in [6.07, 6.45) is 1.58. The number of hydrogen-bond donors (Lipinski definition) is 0. The second kappa shape index (κ2) is 10.7. The Bertz CT molecular complexity index is 1360. The van der Waals surface area contributed by atoms with Crippen molar-refractivity contribution >= 4 is 66.5 Å². The van der Waals surface area contributed by atoms with Crippen molar-refractivity contribution in [3.63, 3.8) is 0 Å². The van der Waals surface area contributed by atoms with Crippen molar-refractivity contribution < 1.29 is 23.6 Å². The number of carbonyl (C=O) groups is 2. The van der Waals surface area contributed by atoms with Gasteiger partial charge in [0.15, 0.2) is 0 Å². The third-order valence-corrected chi connectivity index (χ3v) is 7.07. The summed E-state index contributed by atoms with van der Waals surface area (Å²) in [5, 5.41) is 10.5. The van der Waals surface area contributed by atoms with E-state index in [0.29, 0.717) is 31.4 Å². The van der Waals surface area contributed by atoms with E-state index in [0.717, 1.165) is 16.7 Å². The quantitative estimate of drug-likeness (QED) is 0.159. The lowest BCUT2D eigenvalue weighted by Crippen LogP contribution is -2.27. The summed E-state index contributed by atoms with van der Waals surface area (Å²) >= 11 is 7.67. The first-order valence-electron chi connectivity index (χ1n) is 10.1. The summed E-state index contributed by atoms with van der Waals surface area (Å²) in [5.74, 6) is -0.389. The van der Waals surface area contributed by atoms with Crippen molar-refractivity contribution in [2.24, 2.45) is 0 Å². The first kappa shape index (κ1) is 25.1.